The van der Waals surface area contributed by atoms with Crippen molar-refractivity contribution < 1.29 is 9.59 Å². The summed E-state index contributed by atoms with van der Waals surface area (Å²) in [5, 5.41) is 1.04. The zero-order valence-electron chi connectivity index (χ0n) is 8.77. The Hall–Kier alpha value is -1.90. The van der Waals surface area contributed by atoms with Gasteiger partial charge in [0.05, 0.1) is 6.54 Å². The van der Waals surface area contributed by atoms with Gasteiger partial charge in [-0.05, 0) is 18.1 Å². The number of aldehydes is 1. The summed E-state index contributed by atoms with van der Waals surface area (Å²) in [6, 6.07) is 5.72. The molecule has 0 fully saturated rings. The van der Waals surface area contributed by atoms with Crippen molar-refractivity contribution in [1.29, 1.82) is 0 Å². The molecule has 0 N–H and O–H groups in total. The lowest BCUT2D eigenvalue weighted by Crippen LogP contribution is -2.07. The minimum Gasteiger partial charge on any atom is -0.340 e. The number of aryl methyl sites for hydroxylation is 1. The molecule has 1 aliphatic carbocycles. The SMILES string of the molecule is O=CCn1cc2c3c(cccc31)C(=O)CC2. The predicted molar refractivity (Wildman–Crippen MR) is 60.7 cm³/mol. The fourth-order valence-electron chi connectivity index (χ4n) is 2.48. The van der Waals surface area contributed by atoms with E-state index in [2.05, 4.69) is 0 Å². The first-order valence-corrected chi connectivity index (χ1v) is 5.39. The fourth-order valence-corrected chi connectivity index (χ4v) is 2.48. The molecule has 0 unspecified atom stereocenters. The van der Waals surface area contributed by atoms with E-state index in [4.69, 9.17) is 0 Å². The van der Waals surface area contributed by atoms with Crippen LogP contribution in [0, 0.1) is 0 Å². The summed E-state index contributed by atoms with van der Waals surface area (Å²) < 4.78 is 1.92. The Bertz CT molecular complexity index is 595. The number of ketones is 1. The highest BCUT2D eigenvalue weighted by Gasteiger charge is 2.21. The van der Waals surface area contributed by atoms with Crippen LogP contribution in [-0.2, 0) is 17.8 Å². The molecule has 0 radical (unpaired) electrons. The number of hydrogen-bond acceptors (Lipinski definition) is 2. The Morgan fingerprint density at radius 1 is 1.31 bits per heavy atom. The molecule has 1 aromatic heterocycles. The van der Waals surface area contributed by atoms with Crippen molar-refractivity contribution in [1.82, 2.24) is 4.57 Å². The van der Waals surface area contributed by atoms with Gasteiger partial charge in [-0.1, -0.05) is 12.1 Å². The van der Waals surface area contributed by atoms with Crippen LogP contribution in [0.4, 0.5) is 0 Å². The molecule has 1 heterocycles. The monoisotopic (exact) mass is 213 g/mol. The van der Waals surface area contributed by atoms with Gasteiger partial charge in [-0.2, -0.15) is 0 Å². The highest BCUT2D eigenvalue weighted by atomic mass is 16.1. The van der Waals surface area contributed by atoms with Gasteiger partial charge in [0.25, 0.3) is 0 Å². The summed E-state index contributed by atoms with van der Waals surface area (Å²) in [5.74, 6) is 0.210. The van der Waals surface area contributed by atoms with Gasteiger partial charge in [0.15, 0.2) is 5.78 Å². The molecular formula is C13H11NO2. The predicted octanol–water partition coefficient (Wildman–Crippen LogP) is 1.97. The maximum atomic E-state index is 11.8. The molecule has 0 spiro atoms. The lowest BCUT2D eigenvalue weighted by atomic mass is 9.92. The number of carbonyl (C=O) groups is 2. The smallest absolute Gasteiger partial charge is 0.163 e. The van der Waals surface area contributed by atoms with Crippen molar-refractivity contribution in [2.45, 2.75) is 19.4 Å². The molecule has 1 aromatic carbocycles. The quantitative estimate of drug-likeness (QED) is 0.715. The van der Waals surface area contributed by atoms with Gasteiger partial charge in [-0.15, -0.1) is 0 Å². The van der Waals surface area contributed by atoms with E-state index in [9.17, 15) is 9.59 Å². The summed E-state index contributed by atoms with van der Waals surface area (Å²) in [6.45, 7) is 0.355. The highest BCUT2D eigenvalue weighted by molar-refractivity contribution is 6.10. The van der Waals surface area contributed by atoms with Gasteiger partial charge in [-0.3, -0.25) is 4.79 Å². The number of hydrogen-bond donors (Lipinski definition) is 0. The Labute approximate surface area is 92.7 Å². The van der Waals surface area contributed by atoms with Gasteiger partial charge in [0.2, 0.25) is 0 Å². The van der Waals surface area contributed by atoms with Crippen LogP contribution >= 0.6 is 0 Å². The lowest BCUT2D eigenvalue weighted by Gasteiger charge is -2.10. The van der Waals surface area contributed by atoms with Crippen molar-refractivity contribution in [3.05, 3.63) is 35.5 Å². The summed E-state index contributed by atoms with van der Waals surface area (Å²) in [6.07, 6.45) is 4.25. The number of Topliss-reactive ketones (excluding diaryl/α,β-unsaturated/α-hetero) is 1. The molecule has 16 heavy (non-hydrogen) atoms. The molecule has 3 heteroatoms. The first-order valence-electron chi connectivity index (χ1n) is 5.39. The first-order chi connectivity index (χ1) is 7.81. The number of rotatable bonds is 2. The van der Waals surface area contributed by atoms with Crippen LogP contribution in [-0.4, -0.2) is 16.6 Å². The van der Waals surface area contributed by atoms with Crippen LogP contribution < -0.4 is 0 Å². The van der Waals surface area contributed by atoms with Crippen LogP contribution in [0.5, 0.6) is 0 Å². The van der Waals surface area contributed by atoms with E-state index in [1.807, 2.05) is 29.0 Å². The zero-order chi connectivity index (χ0) is 11.1. The van der Waals surface area contributed by atoms with Crippen LogP contribution in [0.3, 0.4) is 0 Å². The van der Waals surface area contributed by atoms with E-state index in [0.29, 0.717) is 13.0 Å². The molecule has 3 rings (SSSR count). The highest BCUT2D eigenvalue weighted by Crippen LogP contribution is 2.30. The van der Waals surface area contributed by atoms with Crippen LogP contribution in [0.2, 0.25) is 0 Å². The number of nitrogens with zero attached hydrogens (tertiary/aromatic N) is 1. The normalized spacial score (nSPS) is 14.4. The molecule has 80 valence electrons. The molecule has 0 bridgehead atoms. The maximum absolute atomic E-state index is 11.8. The fraction of sp³-hybridized carbons (Fsp3) is 0.231. The molecule has 2 aromatic rings. The minimum atomic E-state index is 0.210. The second-order valence-electron chi connectivity index (χ2n) is 4.10. The third-order valence-corrected chi connectivity index (χ3v) is 3.18. The summed E-state index contributed by atoms with van der Waals surface area (Å²) in [5.41, 5.74) is 2.99. The average Bonchev–Trinajstić information content (AvgIpc) is 2.65. The van der Waals surface area contributed by atoms with E-state index in [1.165, 1.54) is 5.56 Å². The van der Waals surface area contributed by atoms with Crippen molar-refractivity contribution in [3.63, 3.8) is 0 Å². The molecule has 3 nitrogen and oxygen atoms in total. The standard InChI is InChI=1S/C13H11NO2/c15-7-6-14-8-9-4-5-12(16)10-2-1-3-11(14)13(9)10/h1-3,7-8H,4-6H2. The topological polar surface area (TPSA) is 39.1 Å². The molecule has 0 aliphatic heterocycles. The number of carbonyl (C=O) groups excluding carboxylic acids is 2. The van der Waals surface area contributed by atoms with Gasteiger partial charge < -0.3 is 9.36 Å². The van der Waals surface area contributed by atoms with Crippen LogP contribution in [0.1, 0.15) is 22.3 Å². The second kappa shape index (κ2) is 3.30. The lowest BCUT2D eigenvalue weighted by molar-refractivity contribution is -0.108. The van der Waals surface area contributed by atoms with E-state index >= 15 is 0 Å². The van der Waals surface area contributed by atoms with E-state index in [0.717, 1.165) is 29.2 Å². The Morgan fingerprint density at radius 3 is 3.00 bits per heavy atom. The third kappa shape index (κ3) is 1.14. The van der Waals surface area contributed by atoms with E-state index in [1.54, 1.807) is 0 Å². The Balaban J connectivity index is 2.37. The Kier molecular flexibility index (Phi) is 1.93. The molecule has 0 amide bonds. The maximum Gasteiger partial charge on any atom is 0.163 e. The van der Waals surface area contributed by atoms with Crippen LogP contribution in [0.15, 0.2) is 24.4 Å². The minimum absolute atomic E-state index is 0.210. The van der Waals surface area contributed by atoms with Crippen molar-refractivity contribution in [2.24, 2.45) is 0 Å². The number of aromatic nitrogens is 1. The van der Waals surface area contributed by atoms with Crippen molar-refractivity contribution in [3.8, 4) is 0 Å². The second-order valence-corrected chi connectivity index (χ2v) is 4.10. The third-order valence-electron chi connectivity index (χ3n) is 3.18. The Morgan fingerprint density at radius 2 is 2.19 bits per heavy atom. The van der Waals surface area contributed by atoms with Crippen molar-refractivity contribution >= 4 is 23.0 Å². The first kappa shape index (κ1) is 9.33. The van der Waals surface area contributed by atoms with Gasteiger partial charge in [0.1, 0.15) is 6.29 Å². The van der Waals surface area contributed by atoms with Gasteiger partial charge in [0, 0.05) is 29.1 Å². The molecule has 0 atom stereocenters. The van der Waals surface area contributed by atoms with Gasteiger partial charge in [-0.25, -0.2) is 0 Å². The van der Waals surface area contributed by atoms with Crippen LogP contribution in [0.25, 0.3) is 10.9 Å². The summed E-state index contributed by atoms with van der Waals surface area (Å²) >= 11 is 0. The van der Waals surface area contributed by atoms with Gasteiger partial charge >= 0.3 is 0 Å². The average molecular weight is 213 g/mol. The molecular weight excluding hydrogens is 202 g/mol. The number of benzene rings is 1. The molecule has 0 saturated heterocycles. The largest absolute Gasteiger partial charge is 0.340 e. The summed E-state index contributed by atoms with van der Waals surface area (Å²) in [4.78, 5) is 22.4. The van der Waals surface area contributed by atoms with E-state index < -0.39 is 0 Å². The zero-order valence-corrected chi connectivity index (χ0v) is 8.77. The van der Waals surface area contributed by atoms with Crippen molar-refractivity contribution in [2.75, 3.05) is 0 Å². The molecule has 0 saturated carbocycles. The molecule has 1 aliphatic rings. The summed E-state index contributed by atoms with van der Waals surface area (Å²) in [7, 11) is 0. The van der Waals surface area contributed by atoms with E-state index in [-0.39, 0.29) is 5.78 Å².